The molecule has 0 aliphatic carbocycles. The van der Waals surface area contributed by atoms with Crippen LogP contribution in [-0.4, -0.2) is 54.4 Å². The zero-order chi connectivity index (χ0) is 24.7. The van der Waals surface area contributed by atoms with Gasteiger partial charge in [-0.2, -0.15) is 0 Å². The van der Waals surface area contributed by atoms with Crippen molar-refractivity contribution in [3.63, 3.8) is 0 Å². The van der Waals surface area contributed by atoms with E-state index in [0.717, 1.165) is 50.8 Å². The van der Waals surface area contributed by atoms with Crippen molar-refractivity contribution in [1.29, 1.82) is 0 Å². The zero-order valence-corrected chi connectivity index (χ0v) is 20.8. The van der Waals surface area contributed by atoms with Crippen molar-refractivity contribution < 1.29 is 18.7 Å². The van der Waals surface area contributed by atoms with Gasteiger partial charge in [0.2, 0.25) is 11.8 Å². The van der Waals surface area contributed by atoms with E-state index in [2.05, 4.69) is 0 Å². The van der Waals surface area contributed by atoms with Gasteiger partial charge in [-0.25, -0.2) is 4.39 Å². The standard InChI is InChI=1S/C29H37FN2O3/c1-2-26(23-10-5-3-6-11-23)28(34)32-19-9-16-29(21-32,20-27(33)31-17-7-4-8-18-31)22-35-25-14-12-24(30)13-15-25/h3,5-6,10-15,26H,2,4,7-9,16-22H2,1H3/t26-,29-/m0/s1. The fourth-order valence-electron chi connectivity index (χ4n) is 5.51. The molecule has 0 N–H and O–H groups in total. The Morgan fingerprint density at radius 2 is 1.63 bits per heavy atom. The lowest BCUT2D eigenvalue weighted by Crippen LogP contribution is -2.52. The second-order valence-electron chi connectivity index (χ2n) is 10.1. The number of halogens is 1. The van der Waals surface area contributed by atoms with Crippen molar-refractivity contribution in [1.82, 2.24) is 9.80 Å². The monoisotopic (exact) mass is 480 g/mol. The number of hydrogen-bond donors (Lipinski definition) is 0. The van der Waals surface area contributed by atoms with Crippen molar-refractivity contribution >= 4 is 11.8 Å². The van der Waals surface area contributed by atoms with Crippen molar-refractivity contribution in [2.45, 2.75) is 57.8 Å². The van der Waals surface area contributed by atoms with Crippen LogP contribution in [0, 0.1) is 11.2 Å². The van der Waals surface area contributed by atoms with Crippen LogP contribution >= 0.6 is 0 Å². The van der Waals surface area contributed by atoms with Gasteiger partial charge in [0, 0.05) is 38.0 Å². The summed E-state index contributed by atoms with van der Waals surface area (Å²) in [6.45, 7) is 5.17. The number of likely N-dealkylation sites (tertiary alicyclic amines) is 2. The average molecular weight is 481 g/mol. The van der Waals surface area contributed by atoms with Crippen LogP contribution in [0.4, 0.5) is 4.39 Å². The molecule has 0 spiro atoms. The minimum Gasteiger partial charge on any atom is -0.493 e. The summed E-state index contributed by atoms with van der Waals surface area (Å²) >= 11 is 0. The van der Waals surface area contributed by atoms with Gasteiger partial charge in [-0.3, -0.25) is 9.59 Å². The van der Waals surface area contributed by atoms with Gasteiger partial charge in [-0.1, -0.05) is 37.3 Å². The molecule has 0 radical (unpaired) electrons. The van der Waals surface area contributed by atoms with E-state index in [0.29, 0.717) is 31.9 Å². The lowest BCUT2D eigenvalue weighted by Gasteiger charge is -2.44. The Bertz CT molecular complexity index is 975. The number of nitrogens with zero attached hydrogens (tertiary/aromatic N) is 2. The van der Waals surface area contributed by atoms with Crippen LogP contribution in [-0.2, 0) is 9.59 Å². The number of piperidine rings is 2. The van der Waals surface area contributed by atoms with E-state index < -0.39 is 5.41 Å². The van der Waals surface area contributed by atoms with Gasteiger partial charge in [-0.05, 0) is 68.4 Å². The number of carbonyl (C=O) groups excluding carboxylic acids is 2. The number of benzene rings is 2. The first-order chi connectivity index (χ1) is 17.0. The number of rotatable bonds is 8. The Kier molecular flexibility index (Phi) is 8.42. The van der Waals surface area contributed by atoms with Crippen molar-refractivity contribution in [3.05, 3.63) is 66.0 Å². The summed E-state index contributed by atoms with van der Waals surface area (Å²) in [5.74, 6) is 0.346. The first-order valence-electron chi connectivity index (χ1n) is 13.0. The van der Waals surface area contributed by atoms with Crippen LogP contribution < -0.4 is 4.74 Å². The molecule has 2 atom stereocenters. The molecule has 188 valence electrons. The lowest BCUT2D eigenvalue weighted by atomic mass is 9.76. The molecule has 4 rings (SSSR count). The topological polar surface area (TPSA) is 49.9 Å². The summed E-state index contributed by atoms with van der Waals surface area (Å²) in [5, 5.41) is 0. The first kappa shape index (κ1) is 25.2. The predicted octanol–water partition coefficient (Wildman–Crippen LogP) is 5.41. The minimum absolute atomic E-state index is 0.120. The maximum absolute atomic E-state index is 13.7. The highest BCUT2D eigenvalue weighted by Crippen LogP contribution is 2.37. The summed E-state index contributed by atoms with van der Waals surface area (Å²) in [6.07, 6.45) is 6.00. The van der Waals surface area contributed by atoms with E-state index in [9.17, 15) is 14.0 Å². The number of ether oxygens (including phenoxy) is 1. The van der Waals surface area contributed by atoms with Crippen molar-refractivity contribution in [3.8, 4) is 5.75 Å². The second-order valence-corrected chi connectivity index (χ2v) is 10.1. The van der Waals surface area contributed by atoms with Crippen LogP contribution in [0.2, 0.25) is 0 Å². The molecule has 5 nitrogen and oxygen atoms in total. The molecule has 2 aromatic carbocycles. The molecule has 35 heavy (non-hydrogen) atoms. The van der Waals surface area contributed by atoms with Crippen LogP contribution in [0.1, 0.15) is 63.4 Å². The third kappa shape index (κ3) is 6.41. The van der Waals surface area contributed by atoms with Crippen molar-refractivity contribution in [2.75, 3.05) is 32.8 Å². The molecule has 0 unspecified atom stereocenters. The number of carbonyl (C=O) groups is 2. The smallest absolute Gasteiger partial charge is 0.230 e. The summed E-state index contributed by atoms with van der Waals surface area (Å²) in [4.78, 5) is 30.9. The summed E-state index contributed by atoms with van der Waals surface area (Å²) < 4.78 is 19.5. The molecule has 2 amide bonds. The minimum atomic E-state index is -0.466. The van der Waals surface area contributed by atoms with E-state index in [1.54, 1.807) is 12.1 Å². The normalized spacial score (nSPS) is 21.4. The quantitative estimate of drug-likeness (QED) is 0.508. The third-order valence-electron chi connectivity index (χ3n) is 7.48. The van der Waals surface area contributed by atoms with E-state index >= 15 is 0 Å². The number of amides is 2. The highest BCUT2D eigenvalue weighted by atomic mass is 19.1. The van der Waals surface area contributed by atoms with Crippen LogP contribution in [0.5, 0.6) is 5.75 Å². The van der Waals surface area contributed by atoms with Gasteiger partial charge in [0.05, 0.1) is 12.5 Å². The predicted molar refractivity (Wildman–Crippen MR) is 135 cm³/mol. The Morgan fingerprint density at radius 3 is 2.31 bits per heavy atom. The highest BCUT2D eigenvalue weighted by Gasteiger charge is 2.42. The molecular formula is C29H37FN2O3. The molecule has 2 fully saturated rings. The summed E-state index contributed by atoms with van der Waals surface area (Å²) in [6, 6.07) is 15.9. The fourth-order valence-corrected chi connectivity index (χ4v) is 5.51. The molecule has 2 aliphatic rings. The van der Waals surface area contributed by atoms with E-state index in [-0.39, 0.29) is 23.5 Å². The fraction of sp³-hybridized carbons (Fsp3) is 0.517. The Hall–Kier alpha value is -2.89. The van der Waals surface area contributed by atoms with Gasteiger partial charge >= 0.3 is 0 Å². The molecule has 0 aromatic heterocycles. The van der Waals surface area contributed by atoms with E-state index in [1.165, 1.54) is 18.6 Å². The Labute approximate surface area is 208 Å². The lowest BCUT2D eigenvalue weighted by molar-refractivity contribution is -0.143. The largest absolute Gasteiger partial charge is 0.493 e. The second kappa shape index (κ2) is 11.7. The zero-order valence-electron chi connectivity index (χ0n) is 20.8. The molecule has 2 aromatic rings. The van der Waals surface area contributed by atoms with E-state index in [4.69, 9.17) is 4.74 Å². The third-order valence-corrected chi connectivity index (χ3v) is 7.48. The van der Waals surface area contributed by atoms with E-state index in [1.807, 2.05) is 47.1 Å². The molecule has 2 saturated heterocycles. The maximum Gasteiger partial charge on any atom is 0.230 e. The maximum atomic E-state index is 13.7. The average Bonchev–Trinajstić information content (AvgIpc) is 2.90. The SMILES string of the molecule is CC[C@H](C(=O)N1CCC[C@](COc2ccc(F)cc2)(CC(=O)N2CCCCC2)C1)c1ccccc1. The molecule has 0 bridgehead atoms. The summed E-state index contributed by atoms with van der Waals surface area (Å²) in [7, 11) is 0. The van der Waals surface area contributed by atoms with Crippen molar-refractivity contribution in [2.24, 2.45) is 5.41 Å². The Morgan fingerprint density at radius 1 is 0.943 bits per heavy atom. The molecule has 2 heterocycles. The van der Waals surface area contributed by atoms with Gasteiger partial charge < -0.3 is 14.5 Å². The molecule has 0 saturated carbocycles. The molecule has 2 aliphatic heterocycles. The van der Waals surface area contributed by atoms with Crippen LogP contribution in [0.3, 0.4) is 0 Å². The first-order valence-corrected chi connectivity index (χ1v) is 13.0. The van der Waals surface area contributed by atoms with Gasteiger partial charge in [0.15, 0.2) is 0 Å². The molecular weight excluding hydrogens is 443 g/mol. The number of hydrogen-bond acceptors (Lipinski definition) is 3. The Balaban J connectivity index is 1.53. The van der Waals surface area contributed by atoms with Crippen LogP contribution in [0.15, 0.2) is 54.6 Å². The van der Waals surface area contributed by atoms with Crippen LogP contribution in [0.25, 0.3) is 0 Å². The molecule has 6 heteroatoms. The van der Waals surface area contributed by atoms with Gasteiger partial charge in [0.25, 0.3) is 0 Å². The van der Waals surface area contributed by atoms with Gasteiger partial charge in [-0.15, -0.1) is 0 Å². The summed E-state index contributed by atoms with van der Waals surface area (Å²) in [5.41, 5.74) is 0.564. The van der Waals surface area contributed by atoms with Gasteiger partial charge in [0.1, 0.15) is 11.6 Å². The highest BCUT2D eigenvalue weighted by molar-refractivity contribution is 5.84.